The minimum atomic E-state index is -5.00. The Hall–Kier alpha value is -3.11. The summed E-state index contributed by atoms with van der Waals surface area (Å²) in [7, 11) is 0. The Morgan fingerprint density at radius 3 is 2.48 bits per heavy atom. The van der Waals surface area contributed by atoms with E-state index < -0.39 is 35.0 Å². The molecule has 6 nitrogen and oxygen atoms in total. The minimum Gasteiger partial charge on any atom is -0.311 e. The maximum Gasteiger partial charge on any atom is 0.419 e. The molecule has 0 aliphatic rings. The van der Waals surface area contributed by atoms with Crippen molar-refractivity contribution in [2.45, 2.75) is 26.1 Å². The van der Waals surface area contributed by atoms with Crippen LogP contribution in [0.4, 0.5) is 22.0 Å². The molecular formula is C16H12F5N5O. The van der Waals surface area contributed by atoms with Crippen LogP contribution in [0.3, 0.4) is 0 Å². The Morgan fingerprint density at radius 1 is 1.15 bits per heavy atom. The highest BCUT2D eigenvalue weighted by atomic mass is 19.4. The molecule has 0 radical (unpaired) electrons. The molecule has 0 unspecified atom stereocenters. The maximum absolute atomic E-state index is 14.2. The SMILES string of the molecule is Cc1nc(-c2cn([C@H](C)c3ccc(C(F)(F)F)c(F)c3F)nn2)cc(=O)[nH]1. The van der Waals surface area contributed by atoms with Gasteiger partial charge in [0.05, 0.1) is 23.5 Å². The van der Waals surface area contributed by atoms with Crippen molar-refractivity contribution in [3.05, 3.63) is 63.3 Å². The molecule has 0 aliphatic carbocycles. The third kappa shape index (κ3) is 3.57. The molecule has 0 aliphatic heterocycles. The second-order valence-corrected chi connectivity index (χ2v) is 5.80. The largest absolute Gasteiger partial charge is 0.419 e. The third-order valence-electron chi connectivity index (χ3n) is 3.90. The predicted octanol–water partition coefficient (Wildman–Crippen LogP) is 3.24. The molecule has 27 heavy (non-hydrogen) atoms. The highest BCUT2D eigenvalue weighted by molar-refractivity contribution is 5.51. The number of nitrogens with one attached hydrogen (secondary N) is 1. The van der Waals surface area contributed by atoms with Crippen molar-refractivity contribution >= 4 is 0 Å². The van der Waals surface area contributed by atoms with Crippen molar-refractivity contribution in [1.82, 2.24) is 25.0 Å². The van der Waals surface area contributed by atoms with E-state index in [1.165, 1.54) is 19.2 Å². The van der Waals surface area contributed by atoms with E-state index in [1.54, 1.807) is 6.92 Å². The Kier molecular flexibility index (Phi) is 4.54. The number of aromatic amines is 1. The fourth-order valence-electron chi connectivity index (χ4n) is 2.54. The number of rotatable bonds is 3. The van der Waals surface area contributed by atoms with Gasteiger partial charge in [-0.2, -0.15) is 13.2 Å². The molecule has 3 aromatic rings. The summed E-state index contributed by atoms with van der Waals surface area (Å²) in [5.41, 5.74) is -2.00. The van der Waals surface area contributed by atoms with Crippen LogP contribution in [0.15, 0.2) is 29.2 Å². The van der Waals surface area contributed by atoms with E-state index in [2.05, 4.69) is 20.3 Å². The topological polar surface area (TPSA) is 76.5 Å². The van der Waals surface area contributed by atoms with Gasteiger partial charge in [0, 0.05) is 11.6 Å². The number of aromatic nitrogens is 5. The van der Waals surface area contributed by atoms with Crippen molar-refractivity contribution < 1.29 is 22.0 Å². The van der Waals surface area contributed by atoms with Crippen molar-refractivity contribution in [2.75, 3.05) is 0 Å². The van der Waals surface area contributed by atoms with Crippen LogP contribution in [-0.4, -0.2) is 25.0 Å². The number of aryl methyl sites for hydroxylation is 1. The van der Waals surface area contributed by atoms with Gasteiger partial charge in [-0.15, -0.1) is 5.10 Å². The average molecular weight is 385 g/mol. The van der Waals surface area contributed by atoms with Crippen molar-refractivity contribution in [3.8, 4) is 11.4 Å². The number of nitrogens with zero attached hydrogens (tertiary/aromatic N) is 4. The smallest absolute Gasteiger partial charge is 0.311 e. The molecule has 2 heterocycles. The lowest BCUT2D eigenvalue weighted by atomic mass is 10.0. The van der Waals surface area contributed by atoms with Crippen LogP contribution in [0.5, 0.6) is 0 Å². The van der Waals surface area contributed by atoms with Gasteiger partial charge in [0.15, 0.2) is 11.6 Å². The molecule has 3 rings (SSSR count). The third-order valence-corrected chi connectivity index (χ3v) is 3.90. The number of benzene rings is 1. The van der Waals surface area contributed by atoms with E-state index in [9.17, 15) is 26.7 Å². The second kappa shape index (κ2) is 6.56. The quantitative estimate of drug-likeness (QED) is 0.703. The Labute approximate surface area is 148 Å². The van der Waals surface area contributed by atoms with E-state index >= 15 is 0 Å². The van der Waals surface area contributed by atoms with Gasteiger partial charge in [-0.1, -0.05) is 11.3 Å². The van der Waals surface area contributed by atoms with Crippen LogP contribution in [-0.2, 0) is 6.18 Å². The van der Waals surface area contributed by atoms with Crippen molar-refractivity contribution in [2.24, 2.45) is 0 Å². The van der Waals surface area contributed by atoms with Gasteiger partial charge in [0.2, 0.25) is 0 Å². The normalized spacial score (nSPS) is 13.0. The molecule has 1 N–H and O–H groups in total. The Balaban J connectivity index is 1.98. The molecule has 0 amide bonds. The van der Waals surface area contributed by atoms with Crippen LogP contribution >= 0.6 is 0 Å². The molecule has 1 atom stereocenters. The van der Waals surface area contributed by atoms with Crippen LogP contribution < -0.4 is 5.56 Å². The lowest BCUT2D eigenvalue weighted by Crippen LogP contribution is -2.15. The highest BCUT2D eigenvalue weighted by Crippen LogP contribution is 2.34. The average Bonchev–Trinajstić information content (AvgIpc) is 3.04. The molecular weight excluding hydrogens is 373 g/mol. The number of halogens is 5. The number of alkyl halides is 3. The van der Waals surface area contributed by atoms with Gasteiger partial charge in [-0.3, -0.25) is 4.79 Å². The first kappa shape index (κ1) is 18.7. The standard InChI is InChI=1S/C16H12F5N5O/c1-7(9-3-4-10(16(19,20)21)15(18)14(9)17)26-6-12(24-25-26)11-5-13(27)23-8(2)22-11/h3-7H,1-2H3,(H,22,23,27)/t7-/m1/s1. The highest BCUT2D eigenvalue weighted by Gasteiger charge is 2.36. The molecule has 0 bridgehead atoms. The molecule has 142 valence electrons. The summed E-state index contributed by atoms with van der Waals surface area (Å²) in [6.45, 7) is 2.98. The maximum atomic E-state index is 14.2. The van der Waals surface area contributed by atoms with E-state index in [1.807, 2.05) is 0 Å². The lowest BCUT2D eigenvalue weighted by molar-refractivity contribution is -0.140. The first-order chi connectivity index (χ1) is 12.6. The van der Waals surface area contributed by atoms with Gasteiger partial charge in [0.1, 0.15) is 11.5 Å². The monoisotopic (exact) mass is 385 g/mol. The van der Waals surface area contributed by atoms with Gasteiger partial charge in [-0.25, -0.2) is 18.4 Å². The summed E-state index contributed by atoms with van der Waals surface area (Å²) >= 11 is 0. The summed E-state index contributed by atoms with van der Waals surface area (Å²) in [6, 6.07) is 1.56. The molecule has 1 aromatic carbocycles. The zero-order chi connectivity index (χ0) is 19.9. The summed E-state index contributed by atoms with van der Waals surface area (Å²) in [5.74, 6) is -3.24. The van der Waals surface area contributed by atoms with Crippen LogP contribution in [0.25, 0.3) is 11.4 Å². The minimum absolute atomic E-state index is 0.198. The number of H-pyrrole nitrogens is 1. The molecule has 0 saturated carbocycles. The molecule has 11 heteroatoms. The summed E-state index contributed by atoms with van der Waals surface area (Å²) in [5, 5.41) is 7.60. The van der Waals surface area contributed by atoms with E-state index in [0.717, 1.165) is 10.7 Å². The molecule has 0 fully saturated rings. The Bertz CT molecular complexity index is 1060. The van der Waals surface area contributed by atoms with Gasteiger partial charge >= 0.3 is 6.18 Å². The summed E-state index contributed by atoms with van der Waals surface area (Å²) in [4.78, 5) is 18.1. The fourth-order valence-corrected chi connectivity index (χ4v) is 2.54. The zero-order valence-electron chi connectivity index (χ0n) is 14.0. The summed E-state index contributed by atoms with van der Waals surface area (Å²) < 4.78 is 67.1. The molecule has 2 aromatic heterocycles. The fraction of sp³-hybridized carbons (Fsp3) is 0.250. The van der Waals surface area contributed by atoms with Gasteiger partial charge < -0.3 is 4.98 Å². The van der Waals surface area contributed by atoms with Crippen LogP contribution in [0.1, 0.15) is 29.9 Å². The van der Waals surface area contributed by atoms with Crippen LogP contribution in [0.2, 0.25) is 0 Å². The van der Waals surface area contributed by atoms with E-state index in [0.29, 0.717) is 11.9 Å². The number of hydrogen-bond acceptors (Lipinski definition) is 4. The Morgan fingerprint density at radius 2 is 1.85 bits per heavy atom. The second-order valence-electron chi connectivity index (χ2n) is 5.80. The van der Waals surface area contributed by atoms with E-state index in [-0.39, 0.29) is 17.0 Å². The van der Waals surface area contributed by atoms with Crippen molar-refractivity contribution in [1.29, 1.82) is 0 Å². The molecule has 0 saturated heterocycles. The number of hydrogen-bond donors (Lipinski definition) is 1. The van der Waals surface area contributed by atoms with Gasteiger partial charge in [-0.05, 0) is 19.9 Å². The summed E-state index contributed by atoms with van der Waals surface area (Å²) in [6.07, 6.45) is -3.67. The van der Waals surface area contributed by atoms with Crippen LogP contribution in [0, 0.1) is 18.6 Å². The van der Waals surface area contributed by atoms with Gasteiger partial charge in [0.25, 0.3) is 5.56 Å². The molecule has 0 spiro atoms. The predicted molar refractivity (Wildman–Crippen MR) is 83.8 cm³/mol. The lowest BCUT2D eigenvalue weighted by Gasteiger charge is -2.15. The van der Waals surface area contributed by atoms with Crippen molar-refractivity contribution in [3.63, 3.8) is 0 Å². The van der Waals surface area contributed by atoms with E-state index in [4.69, 9.17) is 0 Å². The zero-order valence-corrected chi connectivity index (χ0v) is 14.0. The first-order valence-electron chi connectivity index (χ1n) is 7.63. The first-order valence-corrected chi connectivity index (χ1v) is 7.63.